The Balaban J connectivity index is 2.15. The molecule has 0 amide bonds. The first-order chi connectivity index (χ1) is 7.74. The van der Waals surface area contributed by atoms with Crippen LogP contribution in [0.15, 0.2) is 46.2 Å². The van der Waals surface area contributed by atoms with Crippen molar-refractivity contribution >= 4 is 46.3 Å². The van der Waals surface area contributed by atoms with E-state index >= 15 is 0 Å². The zero-order valence-electron chi connectivity index (χ0n) is 8.13. The van der Waals surface area contributed by atoms with E-state index in [1.165, 1.54) is 4.90 Å². The predicted octanol–water partition coefficient (Wildman–Crippen LogP) is 5.20. The Kier molecular flexibility index (Phi) is 2.51. The van der Waals surface area contributed by atoms with Crippen molar-refractivity contribution in [2.24, 2.45) is 0 Å². The van der Waals surface area contributed by atoms with Crippen molar-refractivity contribution in [1.82, 2.24) is 0 Å². The van der Waals surface area contributed by atoms with E-state index in [-0.39, 0.29) is 0 Å². The van der Waals surface area contributed by atoms with E-state index in [4.69, 9.17) is 23.2 Å². The van der Waals surface area contributed by atoms with Gasteiger partial charge in [-0.1, -0.05) is 47.1 Å². The van der Waals surface area contributed by atoms with Gasteiger partial charge >= 0.3 is 0 Å². The molecule has 1 nitrogen and oxygen atoms in total. The fraction of sp³-hybridized carbons (Fsp3) is 0. The van der Waals surface area contributed by atoms with Crippen LogP contribution in [0.2, 0.25) is 10.0 Å². The molecule has 4 heteroatoms. The van der Waals surface area contributed by atoms with Gasteiger partial charge in [-0.25, -0.2) is 0 Å². The van der Waals surface area contributed by atoms with Crippen LogP contribution in [0.25, 0.3) is 0 Å². The van der Waals surface area contributed by atoms with Crippen molar-refractivity contribution in [1.29, 1.82) is 0 Å². The highest BCUT2D eigenvalue weighted by molar-refractivity contribution is 7.99. The minimum Gasteiger partial charge on any atom is -0.352 e. The van der Waals surface area contributed by atoms with Crippen molar-refractivity contribution in [2.75, 3.05) is 5.32 Å². The average Bonchev–Trinajstić information content (AvgIpc) is 2.27. The molecule has 0 fully saturated rings. The smallest absolute Gasteiger partial charge is 0.0716 e. The summed E-state index contributed by atoms with van der Waals surface area (Å²) in [6.45, 7) is 0. The molecule has 1 aliphatic heterocycles. The van der Waals surface area contributed by atoms with E-state index in [1.54, 1.807) is 17.8 Å². The molecule has 16 heavy (non-hydrogen) atoms. The minimum atomic E-state index is 0.657. The first-order valence-electron chi connectivity index (χ1n) is 4.77. The van der Waals surface area contributed by atoms with Gasteiger partial charge in [0.2, 0.25) is 0 Å². The van der Waals surface area contributed by atoms with Crippen LogP contribution < -0.4 is 5.32 Å². The van der Waals surface area contributed by atoms with Gasteiger partial charge in [0.05, 0.1) is 16.4 Å². The lowest BCUT2D eigenvalue weighted by Crippen LogP contribution is -2.00. The number of fused-ring (bicyclic) bond motifs is 2. The Morgan fingerprint density at radius 3 is 2.69 bits per heavy atom. The van der Waals surface area contributed by atoms with E-state index in [1.807, 2.05) is 24.3 Å². The highest BCUT2D eigenvalue weighted by Gasteiger charge is 2.18. The third-order valence-electron chi connectivity index (χ3n) is 2.39. The maximum atomic E-state index is 6.15. The lowest BCUT2D eigenvalue weighted by atomic mass is 10.2. The van der Waals surface area contributed by atoms with Crippen LogP contribution >= 0.6 is 35.0 Å². The standard InChI is InChI=1S/C12H7Cl2NS/c13-7-5-8(14)12-11(6-7)16-10-4-2-1-3-9(10)15-12/h1-6,15H. The highest BCUT2D eigenvalue weighted by Crippen LogP contribution is 2.47. The second kappa shape index (κ2) is 3.88. The van der Waals surface area contributed by atoms with E-state index in [2.05, 4.69) is 11.4 Å². The van der Waals surface area contributed by atoms with Crippen LogP contribution in [0.5, 0.6) is 0 Å². The fourth-order valence-corrected chi connectivity index (χ4v) is 3.39. The third-order valence-corrected chi connectivity index (χ3v) is 4.02. The number of benzene rings is 2. The van der Waals surface area contributed by atoms with Gasteiger partial charge in [0.15, 0.2) is 0 Å². The molecule has 0 atom stereocenters. The van der Waals surface area contributed by atoms with E-state index in [9.17, 15) is 0 Å². The number of anilines is 2. The molecule has 1 aliphatic rings. The van der Waals surface area contributed by atoms with E-state index < -0.39 is 0 Å². The molecule has 80 valence electrons. The molecule has 0 aliphatic carbocycles. The van der Waals surface area contributed by atoms with Crippen molar-refractivity contribution in [3.05, 3.63) is 46.4 Å². The Bertz CT molecular complexity index is 569. The van der Waals surface area contributed by atoms with Crippen LogP contribution in [-0.2, 0) is 0 Å². The largest absolute Gasteiger partial charge is 0.352 e. The summed E-state index contributed by atoms with van der Waals surface area (Å²) in [6, 6.07) is 11.8. The summed E-state index contributed by atoms with van der Waals surface area (Å²) in [5.41, 5.74) is 2.03. The molecule has 0 saturated heterocycles. The number of para-hydroxylation sites is 1. The third kappa shape index (κ3) is 1.67. The Labute approximate surface area is 108 Å². The quantitative estimate of drug-likeness (QED) is 0.601. The molecule has 2 aromatic rings. The second-order valence-corrected chi connectivity index (χ2v) is 5.41. The molecule has 0 bridgehead atoms. The summed E-state index contributed by atoms with van der Waals surface area (Å²) in [5.74, 6) is 0. The van der Waals surface area contributed by atoms with Crippen LogP contribution in [-0.4, -0.2) is 0 Å². The molecular formula is C12H7Cl2NS. The van der Waals surface area contributed by atoms with Gasteiger partial charge in [0, 0.05) is 14.8 Å². The summed E-state index contributed by atoms with van der Waals surface area (Å²) in [4.78, 5) is 2.25. The van der Waals surface area contributed by atoms with Crippen molar-refractivity contribution in [3.8, 4) is 0 Å². The SMILES string of the molecule is Clc1cc(Cl)c2c(c1)Sc1ccccc1N2. The van der Waals surface area contributed by atoms with Gasteiger partial charge in [-0.15, -0.1) is 0 Å². The number of rotatable bonds is 0. The van der Waals surface area contributed by atoms with Crippen LogP contribution in [0, 0.1) is 0 Å². The monoisotopic (exact) mass is 267 g/mol. The molecule has 0 aromatic heterocycles. The maximum Gasteiger partial charge on any atom is 0.0716 e. The van der Waals surface area contributed by atoms with Gasteiger partial charge in [-0.2, -0.15) is 0 Å². The molecule has 0 radical (unpaired) electrons. The summed E-state index contributed by atoms with van der Waals surface area (Å²) < 4.78 is 0. The lowest BCUT2D eigenvalue weighted by molar-refractivity contribution is 1.31. The number of hydrogen-bond acceptors (Lipinski definition) is 2. The summed E-state index contributed by atoms with van der Waals surface area (Å²) in [7, 11) is 0. The zero-order chi connectivity index (χ0) is 11.1. The molecule has 1 heterocycles. The Morgan fingerprint density at radius 1 is 1.00 bits per heavy atom. The Morgan fingerprint density at radius 2 is 1.81 bits per heavy atom. The normalized spacial score (nSPS) is 12.6. The van der Waals surface area contributed by atoms with E-state index in [0.29, 0.717) is 10.0 Å². The number of nitrogens with one attached hydrogen (secondary N) is 1. The molecule has 0 saturated carbocycles. The van der Waals surface area contributed by atoms with Gasteiger partial charge in [0.25, 0.3) is 0 Å². The van der Waals surface area contributed by atoms with Crippen molar-refractivity contribution in [3.63, 3.8) is 0 Å². The van der Waals surface area contributed by atoms with Crippen molar-refractivity contribution < 1.29 is 0 Å². The summed E-state index contributed by atoms with van der Waals surface area (Å²) >= 11 is 13.8. The minimum absolute atomic E-state index is 0.657. The average molecular weight is 268 g/mol. The maximum absolute atomic E-state index is 6.15. The first-order valence-corrected chi connectivity index (χ1v) is 6.34. The molecular weight excluding hydrogens is 261 g/mol. The van der Waals surface area contributed by atoms with Gasteiger partial charge in [-0.3, -0.25) is 0 Å². The molecule has 0 unspecified atom stereocenters. The predicted molar refractivity (Wildman–Crippen MR) is 70.3 cm³/mol. The van der Waals surface area contributed by atoms with Crippen LogP contribution in [0.1, 0.15) is 0 Å². The van der Waals surface area contributed by atoms with Gasteiger partial charge in [0.1, 0.15) is 0 Å². The summed E-state index contributed by atoms with van der Waals surface area (Å²) in [6.07, 6.45) is 0. The zero-order valence-corrected chi connectivity index (χ0v) is 10.5. The molecule has 0 spiro atoms. The second-order valence-electron chi connectivity index (χ2n) is 3.48. The highest BCUT2D eigenvalue weighted by atomic mass is 35.5. The molecule has 2 aromatic carbocycles. The van der Waals surface area contributed by atoms with E-state index in [0.717, 1.165) is 16.3 Å². The Hall–Kier alpha value is -0.830. The number of halogens is 2. The number of hydrogen-bond donors (Lipinski definition) is 1. The molecule has 1 N–H and O–H groups in total. The first kappa shape index (κ1) is 10.3. The fourth-order valence-electron chi connectivity index (χ4n) is 1.66. The van der Waals surface area contributed by atoms with Gasteiger partial charge < -0.3 is 5.32 Å². The van der Waals surface area contributed by atoms with Gasteiger partial charge in [-0.05, 0) is 24.3 Å². The molecule has 3 rings (SSSR count). The van der Waals surface area contributed by atoms with Crippen LogP contribution in [0.3, 0.4) is 0 Å². The topological polar surface area (TPSA) is 12.0 Å². The van der Waals surface area contributed by atoms with Crippen LogP contribution in [0.4, 0.5) is 11.4 Å². The van der Waals surface area contributed by atoms with Crippen molar-refractivity contribution in [2.45, 2.75) is 9.79 Å². The summed E-state index contributed by atoms with van der Waals surface area (Å²) in [5, 5.41) is 4.65. The lowest BCUT2D eigenvalue weighted by Gasteiger charge is -2.21.